The summed E-state index contributed by atoms with van der Waals surface area (Å²) in [6.07, 6.45) is 0. The number of non-ortho nitro benzene ring substituents is 1. The molecule has 0 spiro atoms. The van der Waals surface area contributed by atoms with Crippen LogP contribution in [0.15, 0.2) is 66.7 Å². The molecule has 2 N–H and O–H groups in total. The summed E-state index contributed by atoms with van der Waals surface area (Å²) in [5, 5.41) is 11.7. The summed E-state index contributed by atoms with van der Waals surface area (Å²) in [5.74, 6) is -1.95. The van der Waals surface area contributed by atoms with Gasteiger partial charge in [-0.3, -0.25) is 19.7 Å². The molecule has 1 saturated heterocycles. The van der Waals surface area contributed by atoms with E-state index in [1.54, 1.807) is 30.3 Å². The highest BCUT2D eigenvalue weighted by Crippen LogP contribution is 2.29. The van der Waals surface area contributed by atoms with E-state index in [1.165, 1.54) is 31.2 Å². The lowest BCUT2D eigenvalue weighted by Gasteiger charge is -2.48. The van der Waals surface area contributed by atoms with Crippen LogP contribution in [0.2, 0.25) is 0 Å². The van der Waals surface area contributed by atoms with Gasteiger partial charge in [-0.2, -0.15) is 0 Å². The second-order valence-electron chi connectivity index (χ2n) is 7.84. The Bertz CT molecular complexity index is 1190. The van der Waals surface area contributed by atoms with E-state index in [-0.39, 0.29) is 17.9 Å². The van der Waals surface area contributed by atoms with Crippen LogP contribution in [-0.4, -0.2) is 60.4 Å². The largest absolute Gasteiger partial charge is 0.484 e. The molecule has 1 aliphatic rings. The summed E-state index contributed by atoms with van der Waals surface area (Å²) < 4.78 is 32.4. The van der Waals surface area contributed by atoms with E-state index >= 15 is 0 Å². The number of carbonyl (C=O) groups excluding carboxylic acids is 3. The van der Waals surface area contributed by atoms with Gasteiger partial charge >= 0.3 is 5.97 Å². The smallest absolute Gasteiger partial charge is 0.333 e. The lowest BCUT2D eigenvalue weighted by atomic mass is 9.99. The zero-order chi connectivity index (χ0) is 26.4. The first-order valence-corrected chi connectivity index (χ1v) is 11.7. The number of benzene rings is 2. The molecule has 2 aromatic rings. The Hall–Kier alpha value is -4.10. The molecule has 1 heterocycles. The summed E-state index contributed by atoms with van der Waals surface area (Å²) >= 11 is -2.62. The lowest BCUT2D eigenvalue weighted by molar-refractivity contribution is -0.384. The monoisotopic (exact) mass is 517 g/mol. The molecule has 0 bridgehead atoms. The van der Waals surface area contributed by atoms with E-state index in [2.05, 4.69) is 11.9 Å². The van der Waals surface area contributed by atoms with Crippen molar-refractivity contribution in [2.75, 3.05) is 6.61 Å². The maximum Gasteiger partial charge on any atom is 0.333 e. The number of rotatable bonds is 11. The molecule has 12 nitrogen and oxygen atoms in total. The number of hydrogen-bond donors (Lipinski definition) is 2. The van der Waals surface area contributed by atoms with E-state index in [0.717, 1.165) is 4.90 Å². The quantitative estimate of drug-likeness (QED) is 0.112. The van der Waals surface area contributed by atoms with Crippen molar-refractivity contribution in [2.45, 2.75) is 31.0 Å². The van der Waals surface area contributed by atoms with E-state index in [1.807, 2.05) is 0 Å². The summed E-state index contributed by atoms with van der Waals surface area (Å²) in [6.45, 7) is 4.44. The maximum absolute atomic E-state index is 12.8. The van der Waals surface area contributed by atoms with Crippen LogP contribution < -0.4 is 10.1 Å². The van der Waals surface area contributed by atoms with Crippen LogP contribution in [0.3, 0.4) is 0 Å². The molecule has 1 fully saturated rings. The fraction of sp³-hybridized carbons (Fsp3) is 0.261. The lowest BCUT2D eigenvalue weighted by Crippen LogP contribution is -2.75. The van der Waals surface area contributed by atoms with Gasteiger partial charge in [0.25, 0.3) is 17.5 Å². The van der Waals surface area contributed by atoms with Crippen LogP contribution in [-0.2, 0) is 36.8 Å². The van der Waals surface area contributed by atoms with Gasteiger partial charge in [-0.1, -0.05) is 24.8 Å². The Balaban J connectivity index is 1.64. The Morgan fingerprint density at radius 1 is 1.22 bits per heavy atom. The number of β-lactam (4-membered cyclic amide) rings is 1. The second-order valence-corrected chi connectivity index (χ2v) is 8.87. The molecule has 4 unspecified atom stereocenters. The highest BCUT2D eigenvalue weighted by Gasteiger charge is 2.56. The first-order chi connectivity index (χ1) is 17.1. The number of nitrogens with one attached hydrogen (secondary N) is 1. The average Bonchev–Trinajstić information content (AvgIpc) is 2.85. The molecule has 0 radical (unpaired) electrons. The number of nitrogens with zero attached hydrogens (tertiary/aromatic N) is 2. The summed E-state index contributed by atoms with van der Waals surface area (Å²) in [4.78, 5) is 48.9. The molecular weight excluding hydrogens is 494 g/mol. The molecule has 0 aliphatic carbocycles. The fourth-order valence-corrected chi connectivity index (χ4v) is 4.32. The predicted molar refractivity (Wildman–Crippen MR) is 127 cm³/mol. The number of carbonyl (C=O) groups is 3. The van der Waals surface area contributed by atoms with Crippen molar-refractivity contribution in [3.8, 4) is 5.75 Å². The van der Waals surface area contributed by atoms with Crippen molar-refractivity contribution in [1.82, 2.24) is 10.2 Å². The van der Waals surface area contributed by atoms with Gasteiger partial charge in [0.1, 0.15) is 18.4 Å². The van der Waals surface area contributed by atoms with Crippen molar-refractivity contribution in [3.05, 3.63) is 82.4 Å². The highest BCUT2D eigenvalue weighted by atomic mass is 32.2. The molecule has 36 heavy (non-hydrogen) atoms. The second kappa shape index (κ2) is 11.6. The number of esters is 1. The van der Waals surface area contributed by atoms with Crippen molar-refractivity contribution in [3.63, 3.8) is 0 Å². The van der Waals surface area contributed by atoms with Gasteiger partial charge in [0.05, 0.1) is 4.92 Å². The Labute approximate surface area is 208 Å². The summed E-state index contributed by atoms with van der Waals surface area (Å²) in [6, 6.07) is 11.0. The molecule has 4 atom stereocenters. The first kappa shape index (κ1) is 26.5. The van der Waals surface area contributed by atoms with Gasteiger partial charge in [-0.25, -0.2) is 9.00 Å². The van der Waals surface area contributed by atoms with Crippen LogP contribution in [0.1, 0.15) is 12.5 Å². The zero-order valence-corrected chi connectivity index (χ0v) is 19.9. The molecule has 13 heteroatoms. The van der Waals surface area contributed by atoms with Crippen molar-refractivity contribution < 1.29 is 37.5 Å². The standard InChI is InChI=1S/C23H23N3O9S/c1-14(2)20(23(29)35-12-15-8-10-16(11-9-15)26(30)31)25-21(28)19(22(25)36(32)33)24-18(27)13-34-17-6-4-3-5-7-17/h3-11,19-20,22H,1,12-13H2,2H3,(H,24,27)(H,32,33). The van der Waals surface area contributed by atoms with E-state index in [9.17, 15) is 33.3 Å². The number of nitro groups is 1. The zero-order valence-electron chi connectivity index (χ0n) is 19.1. The third-order valence-corrected chi connectivity index (χ3v) is 6.12. The van der Waals surface area contributed by atoms with Gasteiger partial charge in [0.15, 0.2) is 29.1 Å². The van der Waals surface area contributed by atoms with Gasteiger partial charge < -0.3 is 24.2 Å². The average molecular weight is 518 g/mol. The van der Waals surface area contributed by atoms with Gasteiger partial charge in [0.2, 0.25) is 0 Å². The van der Waals surface area contributed by atoms with Crippen molar-refractivity contribution >= 4 is 34.6 Å². The number of para-hydroxylation sites is 1. The molecule has 1 aliphatic heterocycles. The van der Waals surface area contributed by atoms with Gasteiger partial charge in [0, 0.05) is 12.1 Å². The molecule has 2 amide bonds. The topological polar surface area (TPSA) is 165 Å². The van der Waals surface area contributed by atoms with Gasteiger partial charge in [-0.15, -0.1) is 0 Å². The number of hydrogen-bond acceptors (Lipinski definition) is 8. The Kier molecular flexibility index (Phi) is 8.51. The SMILES string of the molecule is C=C(C)C(C(=O)OCc1ccc([N+](=O)[O-])cc1)N1C(=O)C(NC(=O)COc2ccccc2)C1S(=O)O. The number of nitro benzene ring substituents is 1. The normalized spacial score (nSPS) is 18.4. The minimum atomic E-state index is -2.62. The van der Waals surface area contributed by atoms with E-state index in [0.29, 0.717) is 11.3 Å². The third-order valence-electron chi connectivity index (χ3n) is 5.21. The van der Waals surface area contributed by atoms with E-state index < -0.39 is 57.9 Å². The fourth-order valence-electron chi connectivity index (χ4n) is 3.49. The highest BCUT2D eigenvalue weighted by molar-refractivity contribution is 7.80. The molecule has 3 rings (SSSR count). The number of amides is 2. The molecule has 0 aromatic heterocycles. The minimum absolute atomic E-state index is 0.133. The summed E-state index contributed by atoms with van der Waals surface area (Å²) in [7, 11) is 0. The maximum atomic E-state index is 12.8. The molecule has 0 saturated carbocycles. The number of ether oxygens (including phenoxy) is 2. The first-order valence-electron chi connectivity index (χ1n) is 10.5. The van der Waals surface area contributed by atoms with Crippen molar-refractivity contribution in [1.29, 1.82) is 0 Å². The summed E-state index contributed by atoms with van der Waals surface area (Å²) in [5.41, 5.74) is 0.492. The van der Waals surface area contributed by atoms with E-state index in [4.69, 9.17) is 9.47 Å². The van der Waals surface area contributed by atoms with Crippen LogP contribution in [0, 0.1) is 10.1 Å². The molecule has 190 valence electrons. The van der Waals surface area contributed by atoms with Crippen LogP contribution >= 0.6 is 0 Å². The van der Waals surface area contributed by atoms with Crippen molar-refractivity contribution in [2.24, 2.45) is 0 Å². The van der Waals surface area contributed by atoms with Crippen LogP contribution in [0.4, 0.5) is 5.69 Å². The third kappa shape index (κ3) is 6.12. The Morgan fingerprint density at radius 3 is 2.42 bits per heavy atom. The molecule has 2 aromatic carbocycles. The molecular formula is C23H23N3O9S. The van der Waals surface area contributed by atoms with Gasteiger partial charge in [-0.05, 0) is 42.3 Å². The minimum Gasteiger partial charge on any atom is -0.484 e. The van der Waals surface area contributed by atoms with Crippen LogP contribution in [0.25, 0.3) is 0 Å². The number of likely N-dealkylation sites (tertiary alicyclic amines) is 1. The van der Waals surface area contributed by atoms with Crippen LogP contribution in [0.5, 0.6) is 5.75 Å². The Morgan fingerprint density at radius 2 is 1.86 bits per heavy atom. The predicted octanol–water partition coefficient (Wildman–Crippen LogP) is 1.54.